The summed E-state index contributed by atoms with van der Waals surface area (Å²) in [6.45, 7) is 0. The van der Waals surface area contributed by atoms with Crippen LogP contribution in [0, 0.1) is 0 Å². The van der Waals surface area contributed by atoms with E-state index in [9.17, 15) is 9.59 Å². The largest absolute Gasteiger partial charge is 0.452 e. The summed E-state index contributed by atoms with van der Waals surface area (Å²) in [7, 11) is 1.34. The lowest BCUT2D eigenvalue weighted by molar-refractivity contribution is -0.105. The van der Waals surface area contributed by atoms with Crippen LogP contribution in [0.4, 0.5) is 10.5 Å². The molecule has 0 aromatic heterocycles. The highest BCUT2D eigenvalue weighted by molar-refractivity contribution is 5.99. The van der Waals surface area contributed by atoms with Crippen molar-refractivity contribution < 1.29 is 14.3 Å². The Morgan fingerprint density at radius 1 is 1.09 bits per heavy atom. The van der Waals surface area contributed by atoms with Gasteiger partial charge in [-0.25, -0.2) is 4.79 Å². The summed E-state index contributed by atoms with van der Waals surface area (Å²) in [6.07, 6.45) is 2.12. The van der Waals surface area contributed by atoms with Crippen LogP contribution in [0.2, 0.25) is 0 Å². The van der Waals surface area contributed by atoms with Gasteiger partial charge in [0.05, 0.1) is 18.8 Å². The average molecular weight is 293 g/mol. The number of hydrogen-bond donors (Lipinski definition) is 0. The SMILES string of the molecule is COC(=O)N1c2ccccc2C=C(C=O)[C@@H]1c1ccccc1. The number of aldehydes is 1. The summed E-state index contributed by atoms with van der Waals surface area (Å²) in [6, 6.07) is 16.4. The van der Waals surface area contributed by atoms with Crippen LogP contribution in [-0.4, -0.2) is 19.5 Å². The van der Waals surface area contributed by atoms with Crippen molar-refractivity contribution in [2.75, 3.05) is 12.0 Å². The quantitative estimate of drug-likeness (QED) is 0.795. The number of amides is 1. The smallest absolute Gasteiger partial charge is 0.414 e. The van der Waals surface area contributed by atoms with Gasteiger partial charge in [-0.1, -0.05) is 48.5 Å². The Labute approximate surface area is 128 Å². The van der Waals surface area contributed by atoms with Gasteiger partial charge in [-0.05, 0) is 23.3 Å². The number of carbonyl (C=O) groups is 2. The number of nitrogens with zero attached hydrogens (tertiary/aromatic N) is 1. The van der Waals surface area contributed by atoms with E-state index in [4.69, 9.17) is 4.74 Å². The predicted molar refractivity (Wildman–Crippen MR) is 84.6 cm³/mol. The summed E-state index contributed by atoms with van der Waals surface area (Å²) in [5, 5.41) is 0. The van der Waals surface area contributed by atoms with Crippen LogP contribution >= 0.6 is 0 Å². The van der Waals surface area contributed by atoms with Gasteiger partial charge < -0.3 is 4.74 Å². The molecule has 1 atom stereocenters. The number of fused-ring (bicyclic) bond motifs is 1. The molecule has 1 aliphatic heterocycles. The second-order valence-corrected chi connectivity index (χ2v) is 4.97. The summed E-state index contributed by atoms with van der Waals surface area (Å²) >= 11 is 0. The molecule has 1 amide bonds. The van der Waals surface area contributed by atoms with E-state index in [-0.39, 0.29) is 0 Å². The van der Waals surface area contributed by atoms with E-state index >= 15 is 0 Å². The molecule has 2 aromatic rings. The first kappa shape index (κ1) is 14.1. The van der Waals surface area contributed by atoms with E-state index in [0.717, 1.165) is 23.1 Å². The summed E-state index contributed by atoms with van der Waals surface area (Å²) in [5.41, 5.74) is 2.94. The van der Waals surface area contributed by atoms with Gasteiger partial charge in [-0.3, -0.25) is 9.69 Å². The minimum atomic E-state index is -0.492. The zero-order valence-electron chi connectivity index (χ0n) is 12.1. The molecule has 0 saturated heterocycles. The third-order valence-corrected chi connectivity index (χ3v) is 3.72. The average Bonchev–Trinajstić information content (AvgIpc) is 2.60. The summed E-state index contributed by atoms with van der Waals surface area (Å²) < 4.78 is 4.93. The molecule has 110 valence electrons. The molecule has 3 rings (SSSR count). The Balaban J connectivity index is 2.22. The Morgan fingerprint density at radius 2 is 1.77 bits per heavy atom. The van der Waals surface area contributed by atoms with Crippen LogP contribution in [0.15, 0.2) is 60.2 Å². The fourth-order valence-corrected chi connectivity index (χ4v) is 2.75. The molecule has 0 aliphatic carbocycles. The second-order valence-electron chi connectivity index (χ2n) is 4.97. The molecule has 0 N–H and O–H groups in total. The molecule has 0 radical (unpaired) electrons. The molecule has 22 heavy (non-hydrogen) atoms. The number of ether oxygens (including phenoxy) is 1. The molecule has 0 spiro atoms. The second kappa shape index (κ2) is 5.85. The highest BCUT2D eigenvalue weighted by Gasteiger charge is 2.34. The molecule has 2 aromatic carbocycles. The number of carbonyl (C=O) groups excluding carboxylic acids is 2. The standard InChI is InChI=1S/C18H15NO3/c1-22-18(21)19-16-10-6-5-9-14(16)11-15(12-20)17(19)13-7-3-2-4-8-13/h2-12,17H,1H3/t17-/m0/s1. The van der Waals surface area contributed by atoms with Gasteiger partial charge in [0.2, 0.25) is 0 Å². The van der Waals surface area contributed by atoms with Crippen molar-refractivity contribution in [1.82, 2.24) is 0 Å². The molecule has 4 nitrogen and oxygen atoms in total. The Morgan fingerprint density at radius 3 is 2.45 bits per heavy atom. The van der Waals surface area contributed by atoms with Crippen molar-refractivity contribution in [3.05, 3.63) is 71.3 Å². The molecular formula is C18H15NO3. The van der Waals surface area contributed by atoms with Crippen LogP contribution < -0.4 is 4.90 Å². The number of anilines is 1. The number of para-hydroxylation sites is 1. The number of rotatable bonds is 2. The zero-order valence-corrected chi connectivity index (χ0v) is 12.1. The van der Waals surface area contributed by atoms with E-state index in [1.807, 2.05) is 60.7 Å². The topological polar surface area (TPSA) is 46.6 Å². The van der Waals surface area contributed by atoms with Crippen molar-refractivity contribution in [3.63, 3.8) is 0 Å². The highest BCUT2D eigenvalue weighted by Crippen LogP contribution is 2.40. The third-order valence-electron chi connectivity index (χ3n) is 3.72. The first-order chi connectivity index (χ1) is 10.8. The normalized spacial score (nSPS) is 16.5. The molecule has 0 unspecified atom stereocenters. The lowest BCUT2D eigenvalue weighted by Gasteiger charge is -2.35. The fraction of sp³-hybridized carbons (Fsp3) is 0.111. The highest BCUT2D eigenvalue weighted by atomic mass is 16.5. The van der Waals surface area contributed by atoms with Crippen molar-refractivity contribution in [2.24, 2.45) is 0 Å². The van der Waals surface area contributed by atoms with Crippen LogP contribution in [0.5, 0.6) is 0 Å². The first-order valence-corrected chi connectivity index (χ1v) is 6.94. The van der Waals surface area contributed by atoms with Crippen molar-refractivity contribution >= 4 is 24.1 Å². The van der Waals surface area contributed by atoms with E-state index in [1.165, 1.54) is 12.0 Å². The van der Waals surface area contributed by atoms with Gasteiger partial charge in [0.15, 0.2) is 0 Å². The molecule has 0 bridgehead atoms. The Kier molecular flexibility index (Phi) is 3.74. The monoisotopic (exact) mass is 293 g/mol. The Bertz CT molecular complexity index is 737. The van der Waals surface area contributed by atoms with Gasteiger partial charge in [-0.2, -0.15) is 0 Å². The summed E-state index contributed by atoms with van der Waals surface area (Å²) in [4.78, 5) is 25.4. The van der Waals surface area contributed by atoms with Crippen LogP contribution in [0.3, 0.4) is 0 Å². The maximum absolute atomic E-state index is 12.3. The van der Waals surface area contributed by atoms with Crippen LogP contribution in [0.1, 0.15) is 17.2 Å². The maximum atomic E-state index is 12.3. The lowest BCUT2D eigenvalue weighted by atomic mass is 9.91. The molecule has 4 heteroatoms. The van der Waals surface area contributed by atoms with Gasteiger partial charge in [0, 0.05) is 5.57 Å². The van der Waals surface area contributed by atoms with Gasteiger partial charge in [0.1, 0.15) is 6.29 Å². The number of hydrogen-bond acceptors (Lipinski definition) is 3. The Hall–Kier alpha value is -2.88. The van der Waals surface area contributed by atoms with Gasteiger partial charge >= 0.3 is 6.09 Å². The molecule has 0 saturated carbocycles. The summed E-state index contributed by atoms with van der Waals surface area (Å²) in [5.74, 6) is 0. The molecule has 1 aliphatic rings. The maximum Gasteiger partial charge on any atom is 0.414 e. The van der Waals surface area contributed by atoms with Gasteiger partial charge in [0.25, 0.3) is 0 Å². The van der Waals surface area contributed by atoms with Crippen molar-refractivity contribution in [2.45, 2.75) is 6.04 Å². The third kappa shape index (κ3) is 2.29. The number of benzene rings is 2. The lowest BCUT2D eigenvalue weighted by Crippen LogP contribution is -2.38. The van der Waals surface area contributed by atoms with Gasteiger partial charge in [-0.15, -0.1) is 0 Å². The van der Waals surface area contributed by atoms with Crippen molar-refractivity contribution in [3.8, 4) is 0 Å². The van der Waals surface area contributed by atoms with Crippen LogP contribution in [-0.2, 0) is 9.53 Å². The van der Waals surface area contributed by atoms with E-state index in [0.29, 0.717) is 5.57 Å². The molecule has 1 heterocycles. The number of methoxy groups -OCH3 is 1. The minimum absolute atomic E-state index is 0.485. The zero-order chi connectivity index (χ0) is 15.5. The molecular weight excluding hydrogens is 278 g/mol. The molecule has 0 fully saturated rings. The first-order valence-electron chi connectivity index (χ1n) is 6.94. The van der Waals surface area contributed by atoms with E-state index in [2.05, 4.69) is 0 Å². The van der Waals surface area contributed by atoms with Crippen LogP contribution in [0.25, 0.3) is 6.08 Å². The minimum Gasteiger partial charge on any atom is -0.452 e. The van der Waals surface area contributed by atoms with E-state index in [1.54, 1.807) is 0 Å². The fourth-order valence-electron chi connectivity index (χ4n) is 2.75. The van der Waals surface area contributed by atoms with E-state index < -0.39 is 12.1 Å². The predicted octanol–water partition coefficient (Wildman–Crippen LogP) is 3.60. The van der Waals surface area contributed by atoms with Crippen molar-refractivity contribution in [1.29, 1.82) is 0 Å².